The number of carbonyl (C=O) groups excluding carboxylic acids is 1. The van der Waals surface area contributed by atoms with Crippen LogP contribution in [-0.2, 0) is 4.79 Å². The number of nitrogen functional groups attached to an aromatic ring is 1. The fourth-order valence-corrected chi connectivity index (χ4v) is 1.44. The van der Waals surface area contributed by atoms with E-state index in [2.05, 4.69) is 5.32 Å². The van der Waals surface area contributed by atoms with E-state index in [9.17, 15) is 13.6 Å². The molecule has 0 aliphatic heterocycles. The normalized spacial score (nSPS) is 10.9. The maximum atomic E-state index is 12.1. The van der Waals surface area contributed by atoms with Gasteiger partial charge in [0.05, 0.1) is 17.9 Å². The number of anilines is 2. The van der Waals surface area contributed by atoms with Crippen molar-refractivity contribution in [1.82, 2.24) is 4.90 Å². The van der Waals surface area contributed by atoms with E-state index in [1.54, 1.807) is 31.3 Å². The zero-order chi connectivity index (χ0) is 13.5. The van der Waals surface area contributed by atoms with Gasteiger partial charge in [0.15, 0.2) is 0 Å². The zero-order valence-electron chi connectivity index (χ0n) is 10.2. The molecule has 0 aromatic heterocycles. The van der Waals surface area contributed by atoms with E-state index in [1.165, 1.54) is 4.90 Å². The summed E-state index contributed by atoms with van der Waals surface area (Å²) < 4.78 is 24.1. The van der Waals surface area contributed by atoms with E-state index in [-0.39, 0.29) is 25.4 Å². The molecule has 0 spiro atoms. The predicted molar refractivity (Wildman–Crippen MR) is 67.6 cm³/mol. The highest BCUT2D eigenvalue weighted by Crippen LogP contribution is 2.16. The van der Waals surface area contributed by atoms with Crippen LogP contribution >= 0.6 is 0 Å². The number of hydrogen-bond acceptors (Lipinski definition) is 3. The summed E-state index contributed by atoms with van der Waals surface area (Å²) in [6.07, 6.45) is -2.24. The first-order valence-corrected chi connectivity index (χ1v) is 5.60. The summed E-state index contributed by atoms with van der Waals surface area (Å²) in [5.74, 6) is -0.242. The Morgan fingerprint density at radius 2 is 2.11 bits per heavy atom. The van der Waals surface area contributed by atoms with E-state index in [0.717, 1.165) is 0 Å². The highest BCUT2D eigenvalue weighted by molar-refractivity contribution is 5.93. The Morgan fingerprint density at radius 1 is 1.44 bits per heavy atom. The van der Waals surface area contributed by atoms with Crippen molar-refractivity contribution in [3.8, 4) is 0 Å². The first-order valence-electron chi connectivity index (χ1n) is 5.60. The Morgan fingerprint density at radius 3 is 2.72 bits per heavy atom. The van der Waals surface area contributed by atoms with Gasteiger partial charge in [-0.15, -0.1) is 0 Å². The minimum Gasteiger partial charge on any atom is -0.397 e. The van der Waals surface area contributed by atoms with Gasteiger partial charge in [0.2, 0.25) is 5.91 Å². The molecule has 6 heteroatoms. The molecule has 0 saturated carbocycles. The molecule has 0 aliphatic rings. The summed E-state index contributed by atoms with van der Waals surface area (Å²) in [6.45, 7) is -0.0519. The van der Waals surface area contributed by atoms with Gasteiger partial charge in [-0.05, 0) is 19.2 Å². The third-order valence-corrected chi connectivity index (χ3v) is 2.41. The summed E-state index contributed by atoms with van der Waals surface area (Å²) in [7, 11) is 1.55. The lowest BCUT2D eigenvalue weighted by molar-refractivity contribution is -0.116. The maximum absolute atomic E-state index is 12.1. The minimum atomic E-state index is -2.39. The quantitative estimate of drug-likeness (QED) is 0.764. The molecular weight excluding hydrogens is 240 g/mol. The second kappa shape index (κ2) is 6.90. The molecule has 100 valence electrons. The van der Waals surface area contributed by atoms with Crippen molar-refractivity contribution in [2.24, 2.45) is 0 Å². The van der Waals surface area contributed by atoms with Crippen molar-refractivity contribution in [3.63, 3.8) is 0 Å². The van der Waals surface area contributed by atoms with Crippen molar-refractivity contribution < 1.29 is 13.6 Å². The average molecular weight is 257 g/mol. The lowest BCUT2D eigenvalue weighted by Gasteiger charge is -2.15. The van der Waals surface area contributed by atoms with Gasteiger partial charge < -0.3 is 16.0 Å². The summed E-state index contributed by atoms with van der Waals surface area (Å²) in [5, 5.41) is 2.64. The Bertz CT molecular complexity index is 399. The topological polar surface area (TPSA) is 58.4 Å². The van der Waals surface area contributed by atoms with Gasteiger partial charge in [-0.25, -0.2) is 8.78 Å². The number of carbonyl (C=O) groups is 1. The van der Waals surface area contributed by atoms with E-state index in [1.807, 2.05) is 0 Å². The second-order valence-corrected chi connectivity index (χ2v) is 4.04. The number of hydrogen-bond donors (Lipinski definition) is 2. The number of para-hydroxylation sites is 2. The minimum absolute atomic E-state index is 0.150. The number of rotatable bonds is 6. The number of halogens is 2. The monoisotopic (exact) mass is 257 g/mol. The summed E-state index contributed by atoms with van der Waals surface area (Å²) in [6, 6.07) is 6.89. The van der Waals surface area contributed by atoms with Crippen LogP contribution in [0.3, 0.4) is 0 Å². The van der Waals surface area contributed by atoms with Crippen LogP contribution in [0.4, 0.5) is 20.2 Å². The average Bonchev–Trinajstić information content (AvgIpc) is 2.29. The molecule has 1 rings (SSSR count). The van der Waals surface area contributed by atoms with Crippen LogP contribution in [0, 0.1) is 0 Å². The Labute approximate surface area is 105 Å². The van der Waals surface area contributed by atoms with Crippen LogP contribution in [0.5, 0.6) is 0 Å². The first kappa shape index (κ1) is 14.4. The van der Waals surface area contributed by atoms with Gasteiger partial charge in [-0.2, -0.15) is 0 Å². The zero-order valence-corrected chi connectivity index (χ0v) is 10.2. The molecule has 1 amide bonds. The van der Waals surface area contributed by atoms with Crippen molar-refractivity contribution >= 4 is 17.3 Å². The summed E-state index contributed by atoms with van der Waals surface area (Å²) in [4.78, 5) is 13.0. The Kier molecular flexibility index (Phi) is 5.51. The molecule has 3 N–H and O–H groups in total. The van der Waals surface area contributed by atoms with E-state index >= 15 is 0 Å². The predicted octanol–water partition coefficient (Wildman–Crippen LogP) is 1.79. The van der Waals surface area contributed by atoms with Gasteiger partial charge in [-0.1, -0.05) is 12.1 Å². The van der Waals surface area contributed by atoms with Crippen molar-refractivity contribution in [2.45, 2.75) is 12.8 Å². The van der Waals surface area contributed by atoms with E-state index < -0.39 is 6.43 Å². The molecule has 0 heterocycles. The number of nitrogens with two attached hydrogens (primary N) is 1. The standard InChI is InChI=1S/C12H17F2N3O/c1-17(8-11(13)14)7-6-12(18)16-10-5-3-2-4-9(10)15/h2-5,11H,6-8,15H2,1H3,(H,16,18). The van der Waals surface area contributed by atoms with Crippen LogP contribution in [0.15, 0.2) is 24.3 Å². The Hall–Kier alpha value is -1.69. The van der Waals surface area contributed by atoms with Crippen LogP contribution in [-0.4, -0.2) is 37.4 Å². The third kappa shape index (κ3) is 5.09. The summed E-state index contributed by atoms with van der Waals surface area (Å²) in [5.41, 5.74) is 6.69. The molecular formula is C12H17F2N3O. The lowest BCUT2D eigenvalue weighted by atomic mass is 10.2. The van der Waals surface area contributed by atoms with E-state index in [4.69, 9.17) is 5.73 Å². The summed E-state index contributed by atoms with van der Waals surface area (Å²) >= 11 is 0. The third-order valence-electron chi connectivity index (χ3n) is 2.41. The van der Waals surface area contributed by atoms with Crippen molar-refractivity contribution in [2.75, 3.05) is 31.2 Å². The molecule has 0 unspecified atom stereocenters. The van der Waals surface area contributed by atoms with Gasteiger partial charge in [0.25, 0.3) is 6.43 Å². The molecule has 4 nitrogen and oxygen atoms in total. The molecule has 18 heavy (non-hydrogen) atoms. The molecule has 0 fully saturated rings. The van der Waals surface area contributed by atoms with Gasteiger partial charge in [0, 0.05) is 13.0 Å². The Balaban J connectivity index is 2.36. The van der Waals surface area contributed by atoms with Crippen LogP contribution in [0.25, 0.3) is 0 Å². The van der Waals surface area contributed by atoms with Gasteiger partial charge in [-0.3, -0.25) is 4.79 Å². The van der Waals surface area contributed by atoms with Crippen molar-refractivity contribution in [1.29, 1.82) is 0 Å². The van der Waals surface area contributed by atoms with Gasteiger partial charge >= 0.3 is 0 Å². The first-order chi connectivity index (χ1) is 8.49. The fourth-order valence-electron chi connectivity index (χ4n) is 1.44. The lowest BCUT2D eigenvalue weighted by Crippen LogP contribution is -2.28. The van der Waals surface area contributed by atoms with Crippen LogP contribution < -0.4 is 11.1 Å². The number of nitrogens with zero attached hydrogens (tertiary/aromatic N) is 1. The highest BCUT2D eigenvalue weighted by atomic mass is 19.3. The largest absolute Gasteiger partial charge is 0.397 e. The number of nitrogens with one attached hydrogen (secondary N) is 1. The molecule has 0 radical (unpaired) electrons. The highest BCUT2D eigenvalue weighted by Gasteiger charge is 2.10. The maximum Gasteiger partial charge on any atom is 0.251 e. The van der Waals surface area contributed by atoms with Crippen LogP contribution in [0.1, 0.15) is 6.42 Å². The van der Waals surface area contributed by atoms with Gasteiger partial charge in [0.1, 0.15) is 0 Å². The molecule has 0 aliphatic carbocycles. The SMILES string of the molecule is CN(CCC(=O)Nc1ccccc1N)CC(F)F. The number of amides is 1. The molecule has 1 aromatic carbocycles. The fraction of sp³-hybridized carbons (Fsp3) is 0.417. The van der Waals surface area contributed by atoms with E-state index in [0.29, 0.717) is 11.4 Å². The van der Waals surface area contributed by atoms with Crippen molar-refractivity contribution in [3.05, 3.63) is 24.3 Å². The van der Waals surface area contributed by atoms with Crippen LogP contribution in [0.2, 0.25) is 0 Å². The molecule has 0 bridgehead atoms. The number of benzene rings is 1. The molecule has 1 aromatic rings. The number of alkyl halides is 2. The molecule has 0 atom stereocenters. The molecule has 0 saturated heterocycles. The second-order valence-electron chi connectivity index (χ2n) is 4.04. The smallest absolute Gasteiger partial charge is 0.251 e.